The molecular weight excluding hydrogens is 432 g/mol. The Bertz CT molecular complexity index is 1140. The molecule has 0 aliphatic heterocycles. The molecule has 2 aromatic heterocycles. The molecule has 0 saturated heterocycles. The Labute approximate surface area is 157 Å². The molecule has 4 rings (SSSR count). The molecule has 2 aromatic carbocycles. The van der Waals surface area contributed by atoms with Crippen LogP contribution in [0, 0.1) is 5.82 Å². The molecule has 138 valence electrons. The average Bonchev–Trinajstić information content (AvgIpc) is 3.07. The summed E-state index contributed by atoms with van der Waals surface area (Å²) in [6.07, 6.45) is -1.48. The molecule has 0 spiro atoms. The van der Waals surface area contributed by atoms with Crippen LogP contribution in [-0.4, -0.2) is 20.7 Å². The van der Waals surface area contributed by atoms with Gasteiger partial charge in [-0.2, -0.15) is 0 Å². The van der Waals surface area contributed by atoms with Gasteiger partial charge in [-0.25, -0.2) is 14.4 Å². The predicted octanol–water partition coefficient (Wildman–Crippen LogP) is 5.43. The van der Waals surface area contributed by atoms with Gasteiger partial charge in [-0.3, -0.25) is 4.40 Å². The van der Waals surface area contributed by atoms with E-state index in [1.165, 1.54) is 30.3 Å². The fourth-order valence-corrected chi connectivity index (χ4v) is 2.94. The lowest BCUT2D eigenvalue weighted by Crippen LogP contribution is -2.17. The first-order valence-corrected chi connectivity index (χ1v) is 8.34. The summed E-state index contributed by atoms with van der Waals surface area (Å²) >= 11 is 3.15. The van der Waals surface area contributed by atoms with Gasteiger partial charge in [-0.1, -0.05) is 0 Å². The van der Waals surface area contributed by atoms with Gasteiger partial charge >= 0.3 is 6.36 Å². The van der Waals surface area contributed by atoms with Gasteiger partial charge in [0.25, 0.3) is 0 Å². The minimum Gasteiger partial charge on any atom is -0.406 e. The zero-order valence-corrected chi connectivity index (χ0v) is 14.8. The number of nitrogens with zero attached hydrogens (tertiary/aromatic N) is 3. The summed E-state index contributed by atoms with van der Waals surface area (Å²) in [5.74, 6) is -0.467. The van der Waals surface area contributed by atoms with Crippen molar-refractivity contribution in [3.05, 3.63) is 59.1 Å². The first kappa shape index (κ1) is 17.5. The van der Waals surface area contributed by atoms with Crippen LogP contribution in [-0.2, 0) is 0 Å². The number of ether oxygens (including phenoxy) is 1. The van der Waals surface area contributed by atoms with Crippen molar-refractivity contribution >= 4 is 44.1 Å². The predicted molar refractivity (Wildman–Crippen MR) is 94.6 cm³/mol. The Morgan fingerprint density at radius 2 is 1.85 bits per heavy atom. The van der Waals surface area contributed by atoms with Crippen molar-refractivity contribution in [2.24, 2.45) is 0 Å². The fourth-order valence-electron chi connectivity index (χ4n) is 2.61. The largest absolute Gasteiger partial charge is 0.573 e. The molecule has 0 radical (unpaired) electrons. The third kappa shape index (κ3) is 3.52. The number of rotatable bonds is 3. The topological polar surface area (TPSA) is 51.5 Å². The second-order valence-electron chi connectivity index (χ2n) is 5.53. The van der Waals surface area contributed by atoms with E-state index in [0.29, 0.717) is 32.7 Å². The van der Waals surface area contributed by atoms with E-state index in [4.69, 9.17) is 0 Å². The van der Waals surface area contributed by atoms with Gasteiger partial charge in [0.05, 0.1) is 15.5 Å². The molecule has 1 N–H and O–H groups in total. The molecule has 0 aliphatic rings. The maximum absolute atomic E-state index is 13.9. The van der Waals surface area contributed by atoms with E-state index in [9.17, 15) is 17.6 Å². The van der Waals surface area contributed by atoms with Gasteiger partial charge in [-0.15, -0.1) is 13.2 Å². The van der Waals surface area contributed by atoms with E-state index in [1.807, 2.05) is 0 Å². The molecule has 0 bridgehead atoms. The Kier molecular flexibility index (Phi) is 4.14. The zero-order valence-electron chi connectivity index (χ0n) is 13.3. The lowest BCUT2D eigenvalue weighted by Gasteiger charge is -2.12. The summed E-state index contributed by atoms with van der Waals surface area (Å²) in [4.78, 5) is 8.63. The number of nitrogens with one attached hydrogen (secondary N) is 1. The minimum absolute atomic E-state index is 0.299. The molecule has 27 heavy (non-hydrogen) atoms. The Hall–Kier alpha value is -2.88. The van der Waals surface area contributed by atoms with Crippen molar-refractivity contribution in [3.63, 3.8) is 0 Å². The lowest BCUT2D eigenvalue weighted by molar-refractivity contribution is -0.274. The number of aromatic nitrogens is 3. The van der Waals surface area contributed by atoms with Crippen LogP contribution in [0.3, 0.4) is 0 Å². The molecule has 0 amide bonds. The van der Waals surface area contributed by atoms with Crippen LogP contribution >= 0.6 is 15.9 Å². The van der Waals surface area contributed by atoms with Gasteiger partial charge in [0.1, 0.15) is 11.6 Å². The highest BCUT2D eigenvalue weighted by Gasteiger charge is 2.30. The van der Waals surface area contributed by atoms with Crippen LogP contribution in [0.5, 0.6) is 5.75 Å². The summed E-state index contributed by atoms with van der Waals surface area (Å²) in [7, 11) is 0. The number of benzene rings is 2. The number of anilines is 2. The van der Waals surface area contributed by atoms with Crippen molar-refractivity contribution in [1.29, 1.82) is 0 Å². The van der Waals surface area contributed by atoms with E-state index in [-0.39, 0.29) is 5.75 Å². The second kappa shape index (κ2) is 6.38. The van der Waals surface area contributed by atoms with Crippen LogP contribution in [0.1, 0.15) is 0 Å². The van der Waals surface area contributed by atoms with Crippen LogP contribution < -0.4 is 10.1 Å². The van der Waals surface area contributed by atoms with E-state index >= 15 is 0 Å². The SMILES string of the molecule is Fc1cc2nc(Nc3ccc(OC(F)(F)F)cc3)c3nccn3c2cc1Br. The lowest BCUT2D eigenvalue weighted by atomic mass is 10.2. The Balaban J connectivity index is 1.73. The molecule has 0 atom stereocenters. The van der Waals surface area contributed by atoms with E-state index in [2.05, 4.69) is 36.0 Å². The Morgan fingerprint density at radius 3 is 2.56 bits per heavy atom. The molecule has 0 aliphatic carbocycles. The molecular formula is C17H9BrF4N4O. The number of fused-ring (bicyclic) bond motifs is 3. The van der Waals surface area contributed by atoms with Crippen LogP contribution in [0.15, 0.2) is 53.3 Å². The number of hydrogen-bond acceptors (Lipinski definition) is 4. The highest BCUT2D eigenvalue weighted by atomic mass is 79.9. The van der Waals surface area contributed by atoms with Gasteiger partial charge < -0.3 is 10.1 Å². The van der Waals surface area contributed by atoms with Gasteiger partial charge in [-0.05, 0) is 46.3 Å². The maximum atomic E-state index is 13.9. The number of imidazole rings is 1. The van der Waals surface area contributed by atoms with Crippen molar-refractivity contribution in [3.8, 4) is 5.75 Å². The maximum Gasteiger partial charge on any atom is 0.573 e. The third-order valence-corrected chi connectivity index (χ3v) is 4.32. The van der Waals surface area contributed by atoms with Crippen LogP contribution in [0.25, 0.3) is 16.7 Å². The first-order valence-electron chi connectivity index (χ1n) is 7.55. The fraction of sp³-hybridized carbons (Fsp3) is 0.0588. The smallest absolute Gasteiger partial charge is 0.406 e. The monoisotopic (exact) mass is 440 g/mol. The van der Waals surface area contributed by atoms with Gasteiger partial charge in [0, 0.05) is 24.1 Å². The van der Waals surface area contributed by atoms with Crippen molar-refractivity contribution in [1.82, 2.24) is 14.4 Å². The number of hydrogen-bond donors (Lipinski definition) is 1. The van der Waals surface area contributed by atoms with Crippen molar-refractivity contribution < 1.29 is 22.3 Å². The van der Waals surface area contributed by atoms with Gasteiger partial charge in [0.2, 0.25) is 0 Å². The summed E-state index contributed by atoms with van der Waals surface area (Å²) in [5.41, 5.74) is 1.99. The van der Waals surface area contributed by atoms with E-state index in [1.54, 1.807) is 22.9 Å². The summed E-state index contributed by atoms with van der Waals surface area (Å²) in [6, 6.07) is 8.06. The van der Waals surface area contributed by atoms with E-state index < -0.39 is 12.2 Å². The van der Waals surface area contributed by atoms with Gasteiger partial charge in [0.15, 0.2) is 11.5 Å². The quantitative estimate of drug-likeness (QED) is 0.431. The summed E-state index contributed by atoms with van der Waals surface area (Å²) < 4.78 is 56.5. The first-order chi connectivity index (χ1) is 12.8. The van der Waals surface area contributed by atoms with Crippen LogP contribution in [0.2, 0.25) is 0 Å². The molecule has 4 aromatic rings. The zero-order chi connectivity index (χ0) is 19.2. The molecule has 5 nitrogen and oxygen atoms in total. The number of alkyl halides is 3. The van der Waals surface area contributed by atoms with Crippen molar-refractivity contribution in [2.45, 2.75) is 6.36 Å². The minimum atomic E-state index is -4.75. The van der Waals surface area contributed by atoms with E-state index in [0.717, 1.165) is 0 Å². The van der Waals surface area contributed by atoms with Crippen LogP contribution in [0.4, 0.5) is 29.1 Å². The molecule has 0 saturated carbocycles. The second-order valence-corrected chi connectivity index (χ2v) is 6.39. The molecule has 0 unspecified atom stereocenters. The molecule has 0 fully saturated rings. The highest BCUT2D eigenvalue weighted by molar-refractivity contribution is 9.10. The third-order valence-electron chi connectivity index (χ3n) is 3.71. The normalized spacial score (nSPS) is 11.9. The average molecular weight is 441 g/mol. The summed E-state index contributed by atoms with van der Waals surface area (Å²) in [6.45, 7) is 0. The molecule has 2 heterocycles. The molecule has 10 heteroatoms. The highest BCUT2D eigenvalue weighted by Crippen LogP contribution is 2.29. The standard InChI is InChI=1S/C17H9BrF4N4O/c18-11-7-14-13(8-12(11)19)25-15(16-23-5-6-26(14)16)24-9-1-3-10(4-2-9)27-17(20,21)22/h1-8H,(H,24,25). The number of halogens is 5. The summed E-state index contributed by atoms with van der Waals surface area (Å²) in [5, 5.41) is 2.98. The Morgan fingerprint density at radius 1 is 1.11 bits per heavy atom. The van der Waals surface area contributed by atoms with Crippen molar-refractivity contribution in [2.75, 3.05) is 5.32 Å².